The van der Waals surface area contributed by atoms with E-state index in [0.717, 1.165) is 0 Å². The molecule has 0 rings (SSSR count). The summed E-state index contributed by atoms with van der Waals surface area (Å²) < 4.78 is 0. The first-order valence-electron chi connectivity index (χ1n) is 4.76. The number of nitrogens with zero attached hydrogens (tertiary/aromatic N) is 1. The Hall–Kier alpha value is -0.910. The van der Waals surface area contributed by atoms with Crippen LogP contribution in [0.1, 0.15) is 13.3 Å². The van der Waals surface area contributed by atoms with Gasteiger partial charge in [0.25, 0.3) is 0 Å². The second-order valence-electron chi connectivity index (χ2n) is 3.14. The van der Waals surface area contributed by atoms with E-state index in [1.807, 2.05) is 13.2 Å². The molecule has 0 aromatic rings. The van der Waals surface area contributed by atoms with Gasteiger partial charge in [-0.05, 0) is 25.4 Å². The van der Waals surface area contributed by atoms with Gasteiger partial charge >= 0.3 is 12.0 Å². The van der Waals surface area contributed by atoms with E-state index in [-0.39, 0.29) is 6.03 Å². The molecule has 1 atom stereocenters. The second-order valence-corrected chi connectivity index (χ2v) is 4.12. The number of thioether (sulfide) groups is 1. The molecule has 0 aromatic carbocycles. The van der Waals surface area contributed by atoms with Gasteiger partial charge in [-0.1, -0.05) is 0 Å². The van der Waals surface area contributed by atoms with E-state index in [1.54, 1.807) is 18.8 Å². The molecule has 0 aliphatic heterocycles. The van der Waals surface area contributed by atoms with Gasteiger partial charge < -0.3 is 15.3 Å². The van der Waals surface area contributed by atoms with Crippen molar-refractivity contribution in [3.63, 3.8) is 0 Å². The zero-order chi connectivity index (χ0) is 11.8. The Bertz CT molecular complexity index is 223. The zero-order valence-corrected chi connectivity index (χ0v) is 10.1. The fraction of sp³-hybridized carbons (Fsp3) is 0.778. The molecule has 0 saturated heterocycles. The van der Waals surface area contributed by atoms with Gasteiger partial charge in [0.1, 0.15) is 6.04 Å². The van der Waals surface area contributed by atoms with Gasteiger partial charge in [-0.3, -0.25) is 0 Å². The number of carbonyl (C=O) groups is 2. The van der Waals surface area contributed by atoms with E-state index in [1.165, 1.54) is 4.90 Å². The summed E-state index contributed by atoms with van der Waals surface area (Å²) in [7, 11) is 1.63. The van der Waals surface area contributed by atoms with E-state index < -0.39 is 12.0 Å². The third-order valence-electron chi connectivity index (χ3n) is 2.03. The summed E-state index contributed by atoms with van der Waals surface area (Å²) in [4.78, 5) is 23.6. The topological polar surface area (TPSA) is 69.6 Å². The minimum absolute atomic E-state index is 0.342. The maximum atomic E-state index is 11.4. The van der Waals surface area contributed by atoms with Crippen LogP contribution in [0.5, 0.6) is 0 Å². The van der Waals surface area contributed by atoms with Crippen LogP contribution < -0.4 is 5.32 Å². The molecule has 2 amide bonds. The molecule has 0 saturated carbocycles. The monoisotopic (exact) mass is 234 g/mol. The standard InChI is InChI=1S/C9H18N2O3S/c1-4-11(2)9(14)10-7(8(12)13)5-6-15-3/h7H,4-6H2,1-3H3,(H,10,14)(H,12,13)/t7-/m0/s1. The van der Waals surface area contributed by atoms with Crippen LogP contribution in [0.25, 0.3) is 0 Å². The van der Waals surface area contributed by atoms with E-state index in [4.69, 9.17) is 5.11 Å². The molecule has 2 N–H and O–H groups in total. The summed E-state index contributed by atoms with van der Waals surface area (Å²) >= 11 is 1.56. The van der Waals surface area contributed by atoms with Crippen molar-refractivity contribution in [3.05, 3.63) is 0 Å². The maximum absolute atomic E-state index is 11.4. The zero-order valence-electron chi connectivity index (χ0n) is 9.32. The number of urea groups is 1. The van der Waals surface area contributed by atoms with E-state index >= 15 is 0 Å². The predicted octanol–water partition coefficient (Wildman–Crippen LogP) is 0.854. The molecule has 5 nitrogen and oxygen atoms in total. The molecule has 0 aliphatic rings. The molecule has 0 unspecified atom stereocenters. The highest BCUT2D eigenvalue weighted by atomic mass is 32.2. The second kappa shape index (κ2) is 7.39. The molecular weight excluding hydrogens is 216 g/mol. The van der Waals surface area contributed by atoms with Crippen LogP contribution in [0.3, 0.4) is 0 Å². The first-order valence-corrected chi connectivity index (χ1v) is 6.15. The Morgan fingerprint density at radius 3 is 2.53 bits per heavy atom. The molecule has 0 fully saturated rings. The molecule has 6 heteroatoms. The maximum Gasteiger partial charge on any atom is 0.326 e. The molecular formula is C9H18N2O3S. The van der Waals surface area contributed by atoms with Crippen molar-refractivity contribution in [1.29, 1.82) is 0 Å². The molecule has 88 valence electrons. The Balaban J connectivity index is 4.16. The van der Waals surface area contributed by atoms with Crippen LogP contribution in [-0.4, -0.2) is 53.6 Å². The van der Waals surface area contributed by atoms with Crippen LogP contribution in [0.4, 0.5) is 4.79 Å². The highest BCUT2D eigenvalue weighted by molar-refractivity contribution is 7.98. The normalized spacial score (nSPS) is 11.9. The summed E-state index contributed by atoms with van der Waals surface area (Å²) in [6, 6.07) is -1.13. The van der Waals surface area contributed by atoms with Gasteiger partial charge in [0.15, 0.2) is 0 Å². The Morgan fingerprint density at radius 1 is 1.53 bits per heavy atom. The average Bonchev–Trinajstić information content (AvgIpc) is 2.22. The third kappa shape index (κ3) is 5.51. The average molecular weight is 234 g/mol. The smallest absolute Gasteiger partial charge is 0.326 e. The van der Waals surface area contributed by atoms with Crippen molar-refractivity contribution in [1.82, 2.24) is 10.2 Å². The highest BCUT2D eigenvalue weighted by Crippen LogP contribution is 2.01. The lowest BCUT2D eigenvalue weighted by atomic mass is 10.2. The number of rotatable bonds is 6. The first kappa shape index (κ1) is 14.1. The third-order valence-corrected chi connectivity index (χ3v) is 2.67. The van der Waals surface area contributed by atoms with Crippen LogP contribution in [0.15, 0.2) is 0 Å². The molecule has 0 aliphatic carbocycles. The van der Waals surface area contributed by atoms with Gasteiger partial charge in [-0.25, -0.2) is 9.59 Å². The SMILES string of the molecule is CCN(C)C(=O)N[C@@H](CCSC)C(=O)O. The lowest BCUT2D eigenvalue weighted by Gasteiger charge is -2.19. The van der Waals surface area contributed by atoms with Gasteiger partial charge in [-0.15, -0.1) is 0 Å². The van der Waals surface area contributed by atoms with Gasteiger partial charge in [-0.2, -0.15) is 11.8 Å². The van der Waals surface area contributed by atoms with E-state index in [9.17, 15) is 9.59 Å². The Labute approximate surface area is 94.2 Å². The number of amides is 2. The van der Waals surface area contributed by atoms with E-state index in [0.29, 0.717) is 18.7 Å². The Kier molecular flexibility index (Phi) is 6.94. The molecule has 0 radical (unpaired) electrons. The summed E-state index contributed by atoms with van der Waals surface area (Å²) in [6.45, 7) is 2.39. The molecule has 15 heavy (non-hydrogen) atoms. The Morgan fingerprint density at radius 2 is 2.13 bits per heavy atom. The number of nitrogens with one attached hydrogen (secondary N) is 1. The van der Waals surface area contributed by atoms with Crippen LogP contribution >= 0.6 is 11.8 Å². The predicted molar refractivity (Wildman–Crippen MR) is 61.3 cm³/mol. The van der Waals surface area contributed by atoms with Crippen molar-refractivity contribution >= 4 is 23.8 Å². The van der Waals surface area contributed by atoms with Crippen LogP contribution in [0, 0.1) is 0 Å². The van der Waals surface area contributed by atoms with Crippen molar-refractivity contribution < 1.29 is 14.7 Å². The summed E-state index contributed by atoms with van der Waals surface area (Å²) in [5, 5.41) is 11.3. The minimum Gasteiger partial charge on any atom is -0.480 e. The van der Waals surface area contributed by atoms with Crippen molar-refractivity contribution in [2.24, 2.45) is 0 Å². The summed E-state index contributed by atoms with van der Waals surface area (Å²) in [5.74, 6) is -0.269. The summed E-state index contributed by atoms with van der Waals surface area (Å²) in [6.07, 6.45) is 2.35. The molecule has 0 aromatic heterocycles. The van der Waals surface area contributed by atoms with Crippen LogP contribution in [0.2, 0.25) is 0 Å². The van der Waals surface area contributed by atoms with E-state index in [2.05, 4.69) is 5.32 Å². The fourth-order valence-corrected chi connectivity index (χ4v) is 1.37. The quantitative estimate of drug-likeness (QED) is 0.715. The number of carboxylic acid groups (broad SMARTS) is 1. The molecule has 0 bridgehead atoms. The number of aliphatic carboxylic acids is 1. The molecule has 0 heterocycles. The number of hydrogen-bond acceptors (Lipinski definition) is 3. The molecule has 0 spiro atoms. The lowest BCUT2D eigenvalue weighted by molar-refractivity contribution is -0.139. The summed E-state index contributed by atoms with van der Waals surface area (Å²) in [5.41, 5.74) is 0. The van der Waals surface area contributed by atoms with Gasteiger partial charge in [0.05, 0.1) is 0 Å². The number of carboxylic acids is 1. The van der Waals surface area contributed by atoms with Crippen molar-refractivity contribution in [3.8, 4) is 0 Å². The van der Waals surface area contributed by atoms with Gasteiger partial charge in [0, 0.05) is 13.6 Å². The fourth-order valence-electron chi connectivity index (χ4n) is 0.896. The highest BCUT2D eigenvalue weighted by Gasteiger charge is 2.20. The number of hydrogen-bond donors (Lipinski definition) is 2. The first-order chi connectivity index (χ1) is 7.02. The van der Waals surface area contributed by atoms with Crippen molar-refractivity contribution in [2.75, 3.05) is 25.6 Å². The largest absolute Gasteiger partial charge is 0.480 e. The minimum atomic E-state index is -0.984. The lowest BCUT2D eigenvalue weighted by Crippen LogP contribution is -2.46. The van der Waals surface area contributed by atoms with Crippen molar-refractivity contribution in [2.45, 2.75) is 19.4 Å². The number of carbonyl (C=O) groups excluding carboxylic acids is 1. The van der Waals surface area contributed by atoms with Gasteiger partial charge in [0.2, 0.25) is 0 Å². The van der Waals surface area contributed by atoms with Crippen LogP contribution in [-0.2, 0) is 4.79 Å².